The molecule has 0 bridgehead atoms. The predicted molar refractivity (Wildman–Crippen MR) is 99.7 cm³/mol. The molecule has 7 heteroatoms. The van der Waals surface area contributed by atoms with E-state index in [9.17, 15) is 18.0 Å². The van der Waals surface area contributed by atoms with Crippen LogP contribution < -0.4 is 0 Å². The van der Waals surface area contributed by atoms with E-state index in [0.29, 0.717) is 5.56 Å². The lowest BCUT2D eigenvalue weighted by Gasteiger charge is -2.14. The largest absolute Gasteiger partial charge is 0.451 e. The number of carbonyl (C=O) groups excluding carboxylic acids is 2. The van der Waals surface area contributed by atoms with E-state index in [4.69, 9.17) is 16.3 Å². The van der Waals surface area contributed by atoms with Crippen LogP contribution in [0.1, 0.15) is 38.8 Å². The summed E-state index contributed by atoms with van der Waals surface area (Å²) in [4.78, 5) is 24.6. The van der Waals surface area contributed by atoms with Gasteiger partial charge in [-0.15, -0.1) is 0 Å². The van der Waals surface area contributed by atoms with E-state index in [2.05, 4.69) is 0 Å². The number of benzene rings is 2. The molecule has 26 heavy (non-hydrogen) atoms. The van der Waals surface area contributed by atoms with Gasteiger partial charge in [0.25, 0.3) is 0 Å². The molecule has 2 rings (SSSR count). The van der Waals surface area contributed by atoms with Gasteiger partial charge in [0, 0.05) is 11.8 Å². The zero-order chi connectivity index (χ0) is 19.6. The first kappa shape index (κ1) is 20.1. The van der Waals surface area contributed by atoms with Crippen molar-refractivity contribution in [2.45, 2.75) is 31.8 Å². The van der Waals surface area contributed by atoms with Gasteiger partial charge in [-0.1, -0.05) is 23.7 Å². The maximum absolute atomic E-state index is 12.5. The van der Waals surface area contributed by atoms with Crippen LogP contribution >= 0.6 is 11.6 Å². The van der Waals surface area contributed by atoms with Crippen LogP contribution in [-0.4, -0.2) is 32.5 Å². The average Bonchev–Trinajstić information content (AvgIpc) is 2.55. The van der Waals surface area contributed by atoms with E-state index in [1.165, 1.54) is 19.1 Å². The lowest BCUT2D eigenvalue weighted by molar-refractivity contribution is 0.0318. The zero-order valence-electron chi connectivity index (χ0n) is 14.9. The summed E-state index contributed by atoms with van der Waals surface area (Å²) in [7, 11) is -3.59. The van der Waals surface area contributed by atoms with Crippen molar-refractivity contribution in [1.82, 2.24) is 0 Å². The second kappa shape index (κ2) is 7.60. The average molecular weight is 395 g/mol. The van der Waals surface area contributed by atoms with Gasteiger partial charge < -0.3 is 4.74 Å². The zero-order valence-corrected chi connectivity index (χ0v) is 16.4. The molecule has 0 aliphatic heterocycles. The van der Waals surface area contributed by atoms with Crippen molar-refractivity contribution in [2.75, 3.05) is 6.26 Å². The predicted octanol–water partition coefficient (Wildman–Crippen LogP) is 3.79. The molecular weight excluding hydrogens is 376 g/mol. The first-order valence-corrected chi connectivity index (χ1v) is 10.1. The highest BCUT2D eigenvalue weighted by Crippen LogP contribution is 2.23. The van der Waals surface area contributed by atoms with Gasteiger partial charge in [0.2, 0.25) is 5.78 Å². The molecule has 1 atom stereocenters. The van der Waals surface area contributed by atoms with E-state index in [0.717, 1.165) is 23.4 Å². The molecule has 0 fully saturated rings. The van der Waals surface area contributed by atoms with Crippen LogP contribution in [0.25, 0.3) is 0 Å². The number of ketones is 1. The summed E-state index contributed by atoms with van der Waals surface area (Å²) in [5, 5.41) is 0.0169. The molecular formula is C19H19ClO5S. The van der Waals surface area contributed by atoms with Crippen LogP contribution in [0, 0.1) is 13.8 Å². The molecule has 0 heterocycles. The van der Waals surface area contributed by atoms with Gasteiger partial charge in [-0.2, -0.15) is 0 Å². The van der Waals surface area contributed by atoms with Crippen molar-refractivity contribution in [3.8, 4) is 0 Å². The lowest BCUT2D eigenvalue weighted by atomic mass is 10.0. The minimum absolute atomic E-state index is 0.00885. The molecule has 0 saturated heterocycles. The Morgan fingerprint density at radius 1 is 1.00 bits per heavy atom. The lowest BCUT2D eigenvalue weighted by Crippen LogP contribution is -2.24. The fourth-order valence-corrected chi connectivity index (χ4v) is 3.63. The van der Waals surface area contributed by atoms with Gasteiger partial charge in [0.15, 0.2) is 15.9 Å². The van der Waals surface area contributed by atoms with Crippen molar-refractivity contribution in [1.29, 1.82) is 0 Å². The Kier molecular flexibility index (Phi) is 5.88. The van der Waals surface area contributed by atoms with Gasteiger partial charge in [-0.3, -0.25) is 4.79 Å². The molecule has 0 aliphatic rings. The maximum atomic E-state index is 12.5. The van der Waals surface area contributed by atoms with Crippen molar-refractivity contribution in [3.05, 3.63) is 63.7 Å². The van der Waals surface area contributed by atoms with Gasteiger partial charge in [0.05, 0.1) is 15.5 Å². The number of sulfone groups is 1. The highest BCUT2D eigenvalue weighted by Gasteiger charge is 2.22. The Morgan fingerprint density at radius 3 is 2.19 bits per heavy atom. The summed E-state index contributed by atoms with van der Waals surface area (Å²) in [6.07, 6.45) is -0.0168. The minimum Gasteiger partial charge on any atom is -0.451 e. The molecule has 0 aliphatic carbocycles. The number of halogens is 1. The Balaban J connectivity index is 2.21. The highest BCUT2D eigenvalue weighted by molar-refractivity contribution is 7.90. The summed E-state index contributed by atoms with van der Waals surface area (Å²) >= 11 is 5.86. The van der Waals surface area contributed by atoms with E-state index < -0.39 is 21.9 Å². The first-order valence-electron chi connectivity index (χ1n) is 7.82. The molecule has 0 amide bonds. The molecule has 2 aromatic carbocycles. The maximum Gasteiger partial charge on any atom is 0.338 e. The van der Waals surface area contributed by atoms with E-state index in [1.807, 2.05) is 19.9 Å². The number of esters is 1. The van der Waals surface area contributed by atoms with Gasteiger partial charge in [-0.25, -0.2) is 13.2 Å². The number of rotatable bonds is 5. The Labute approximate surface area is 157 Å². The normalized spacial score (nSPS) is 12.5. The topological polar surface area (TPSA) is 77.5 Å². The number of Topliss-reactive ketones (excluding diaryl/α,β-unsaturated/α-hetero) is 1. The second-order valence-electron chi connectivity index (χ2n) is 6.13. The van der Waals surface area contributed by atoms with Crippen molar-refractivity contribution >= 4 is 33.2 Å². The Hall–Kier alpha value is -2.18. The quantitative estimate of drug-likeness (QED) is 0.569. The summed E-state index contributed by atoms with van der Waals surface area (Å²) in [6, 6.07) is 9.06. The number of carbonyl (C=O) groups is 2. The SMILES string of the molecule is Cc1ccc(C(=O)C(C)OC(=O)c2ccc(Cl)c(S(C)(=O)=O)c2)cc1C. The van der Waals surface area contributed by atoms with E-state index in [-0.39, 0.29) is 21.3 Å². The molecule has 0 radical (unpaired) electrons. The number of ether oxygens (including phenoxy) is 1. The molecule has 5 nitrogen and oxygen atoms in total. The van der Waals surface area contributed by atoms with Gasteiger partial charge >= 0.3 is 5.97 Å². The molecule has 0 aromatic heterocycles. The third-order valence-electron chi connectivity index (χ3n) is 4.01. The van der Waals surface area contributed by atoms with Crippen LogP contribution in [0.15, 0.2) is 41.3 Å². The van der Waals surface area contributed by atoms with Crippen LogP contribution in [-0.2, 0) is 14.6 Å². The third-order valence-corrected chi connectivity index (χ3v) is 5.59. The minimum atomic E-state index is -3.59. The second-order valence-corrected chi connectivity index (χ2v) is 8.52. The summed E-state index contributed by atoms with van der Waals surface area (Å²) in [6.45, 7) is 5.30. The summed E-state index contributed by atoms with van der Waals surface area (Å²) < 4.78 is 28.6. The van der Waals surface area contributed by atoms with Crippen LogP contribution in [0.3, 0.4) is 0 Å². The van der Waals surface area contributed by atoms with Crippen molar-refractivity contribution in [3.63, 3.8) is 0 Å². The smallest absolute Gasteiger partial charge is 0.338 e. The first-order chi connectivity index (χ1) is 12.0. The number of aryl methyl sites for hydroxylation is 2. The summed E-state index contributed by atoms with van der Waals surface area (Å²) in [5.41, 5.74) is 2.47. The van der Waals surface area contributed by atoms with Crippen molar-refractivity contribution in [2.24, 2.45) is 0 Å². The molecule has 0 spiro atoms. The van der Waals surface area contributed by atoms with E-state index in [1.54, 1.807) is 12.1 Å². The van der Waals surface area contributed by atoms with Crippen LogP contribution in [0.4, 0.5) is 0 Å². The molecule has 138 valence electrons. The fraction of sp³-hybridized carbons (Fsp3) is 0.263. The highest BCUT2D eigenvalue weighted by atomic mass is 35.5. The van der Waals surface area contributed by atoms with E-state index >= 15 is 0 Å². The van der Waals surface area contributed by atoms with Crippen LogP contribution in [0.5, 0.6) is 0 Å². The molecule has 2 aromatic rings. The third kappa shape index (κ3) is 4.51. The molecule has 0 saturated carbocycles. The molecule has 0 N–H and O–H groups in total. The summed E-state index contributed by atoms with van der Waals surface area (Å²) in [5.74, 6) is -1.13. The van der Waals surface area contributed by atoms with Crippen LogP contribution in [0.2, 0.25) is 5.02 Å². The van der Waals surface area contributed by atoms with Gasteiger partial charge in [0.1, 0.15) is 0 Å². The van der Waals surface area contributed by atoms with Gasteiger partial charge in [-0.05, 0) is 56.2 Å². The fourth-order valence-electron chi connectivity index (χ4n) is 2.33. The Bertz CT molecular complexity index is 979. The Morgan fingerprint density at radius 2 is 1.62 bits per heavy atom. The number of hydrogen-bond acceptors (Lipinski definition) is 5. The standard InChI is InChI=1S/C19H19ClO5S/c1-11-5-6-14(9-12(11)2)18(21)13(3)25-19(22)15-7-8-16(20)17(10-15)26(4,23)24/h5-10,13H,1-4H3. The molecule has 1 unspecified atom stereocenters. The monoisotopic (exact) mass is 394 g/mol. The van der Waals surface area contributed by atoms with Crippen molar-refractivity contribution < 1.29 is 22.7 Å². The number of hydrogen-bond donors (Lipinski definition) is 0.